The first-order valence-electron chi connectivity index (χ1n) is 14.8. The summed E-state index contributed by atoms with van der Waals surface area (Å²) in [5.74, 6) is -1.34. The van der Waals surface area contributed by atoms with Crippen molar-refractivity contribution >= 4 is 28.8 Å². The first-order valence-corrected chi connectivity index (χ1v) is 14.8. The molecule has 1 saturated heterocycles. The zero-order chi connectivity index (χ0) is 29.1. The molecule has 2 aromatic carbocycles. The minimum absolute atomic E-state index is 0.181. The van der Waals surface area contributed by atoms with Gasteiger partial charge in [-0.1, -0.05) is 12.1 Å². The number of halogens is 1. The Kier molecular flexibility index (Phi) is 9.11. The molecule has 10 heteroatoms. The predicted molar refractivity (Wildman–Crippen MR) is 160 cm³/mol. The lowest BCUT2D eigenvalue weighted by molar-refractivity contribution is -0.124. The number of anilines is 3. The van der Waals surface area contributed by atoms with E-state index >= 15 is 4.39 Å². The van der Waals surface area contributed by atoms with E-state index in [1.165, 1.54) is 6.07 Å². The Hall–Kier alpha value is -3.21. The van der Waals surface area contributed by atoms with Crippen molar-refractivity contribution in [2.45, 2.75) is 32.2 Å². The van der Waals surface area contributed by atoms with Gasteiger partial charge in [0.15, 0.2) is 23.1 Å². The van der Waals surface area contributed by atoms with Crippen LogP contribution < -0.4 is 20.3 Å². The van der Waals surface area contributed by atoms with Crippen LogP contribution in [-0.4, -0.2) is 106 Å². The second-order valence-corrected chi connectivity index (χ2v) is 11.7. The van der Waals surface area contributed by atoms with Gasteiger partial charge in [0.2, 0.25) is 5.91 Å². The Balaban J connectivity index is 1.37. The van der Waals surface area contributed by atoms with Gasteiger partial charge in [0.25, 0.3) is 0 Å². The van der Waals surface area contributed by atoms with E-state index in [0.29, 0.717) is 30.3 Å². The van der Waals surface area contributed by atoms with Gasteiger partial charge in [-0.3, -0.25) is 9.59 Å². The van der Waals surface area contributed by atoms with Crippen molar-refractivity contribution in [1.29, 1.82) is 0 Å². The average molecular weight is 567 g/mol. The van der Waals surface area contributed by atoms with Crippen molar-refractivity contribution in [3.05, 3.63) is 41.7 Å². The molecule has 0 aromatic heterocycles. The van der Waals surface area contributed by atoms with Crippen molar-refractivity contribution in [3.63, 3.8) is 0 Å². The molecule has 1 amide bonds. The summed E-state index contributed by atoms with van der Waals surface area (Å²) in [6, 6.07) is 8.32. The molecular weight excluding hydrogens is 523 g/mol. The molecule has 3 aliphatic heterocycles. The highest BCUT2D eigenvalue weighted by molar-refractivity contribution is 6.17. The third-order valence-electron chi connectivity index (χ3n) is 8.39. The fourth-order valence-corrected chi connectivity index (χ4v) is 6.04. The maximum absolute atomic E-state index is 15.7. The fraction of sp³-hybridized carbons (Fsp3) is 0.548. The van der Waals surface area contributed by atoms with Crippen LogP contribution in [0, 0.1) is 11.7 Å². The van der Waals surface area contributed by atoms with Gasteiger partial charge in [-0.05, 0) is 78.6 Å². The van der Waals surface area contributed by atoms with Gasteiger partial charge in [-0.2, -0.15) is 0 Å². The molecule has 2 aromatic rings. The van der Waals surface area contributed by atoms with Gasteiger partial charge in [-0.15, -0.1) is 0 Å². The summed E-state index contributed by atoms with van der Waals surface area (Å²) in [7, 11) is 6.17. The van der Waals surface area contributed by atoms with Crippen molar-refractivity contribution in [2.75, 3.05) is 83.7 Å². The first kappa shape index (κ1) is 29.3. The quantitative estimate of drug-likeness (QED) is 0.314. The van der Waals surface area contributed by atoms with E-state index in [1.54, 1.807) is 0 Å². The Morgan fingerprint density at radius 3 is 2.61 bits per heavy atom. The highest BCUT2D eigenvalue weighted by Gasteiger charge is 2.47. The van der Waals surface area contributed by atoms with E-state index in [1.807, 2.05) is 50.2 Å². The molecule has 0 saturated carbocycles. The Morgan fingerprint density at radius 1 is 1.10 bits per heavy atom. The number of Topliss-reactive ketones (excluding diaryl/α,β-unsaturated/α-hetero) is 1. The van der Waals surface area contributed by atoms with Crippen LogP contribution in [0.25, 0.3) is 0 Å². The minimum atomic E-state index is -0.961. The number of nitrogens with one attached hydrogen (secondary N) is 2. The number of carbonyl (C=O) groups excluding carboxylic acids is 2. The second-order valence-electron chi connectivity index (χ2n) is 11.7. The molecule has 41 heavy (non-hydrogen) atoms. The van der Waals surface area contributed by atoms with E-state index in [4.69, 9.17) is 4.74 Å². The zero-order valence-electron chi connectivity index (χ0n) is 24.7. The van der Waals surface area contributed by atoms with Gasteiger partial charge in [0.05, 0.1) is 17.4 Å². The van der Waals surface area contributed by atoms with Gasteiger partial charge < -0.3 is 35.0 Å². The number of amides is 1. The van der Waals surface area contributed by atoms with E-state index < -0.39 is 17.8 Å². The van der Waals surface area contributed by atoms with E-state index in [9.17, 15) is 9.59 Å². The smallest absolute Gasteiger partial charge is 0.233 e. The number of likely N-dealkylation sites (N-methyl/N-ethyl adjacent to an activating group) is 1. The standard InChI is InChI=1S/C31H43FN6O3/c1-21-26(31(40)34-12-7-8-14-35(2)3)29(39)22-20-23(32)27(33-13-9-15-37-18-16-36(4)17-19-37)30-28(22)38(21)24-10-5-6-11-25(24)41-30/h5-6,10-11,20-21,26,33H,7-9,12-19H2,1-4H3,(H,34,40). The molecule has 3 heterocycles. The monoisotopic (exact) mass is 566 g/mol. The molecule has 2 unspecified atom stereocenters. The predicted octanol–water partition coefficient (Wildman–Crippen LogP) is 3.78. The van der Waals surface area contributed by atoms with E-state index in [2.05, 4.69) is 32.4 Å². The van der Waals surface area contributed by atoms with E-state index in [0.717, 1.165) is 64.2 Å². The maximum Gasteiger partial charge on any atom is 0.233 e. The number of unbranched alkanes of at least 4 members (excludes halogenated alkanes) is 1. The molecule has 2 atom stereocenters. The normalized spacial score (nSPS) is 20.4. The van der Waals surface area contributed by atoms with Crippen molar-refractivity contribution in [1.82, 2.24) is 20.0 Å². The number of ketones is 1. The van der Waals surface area contributed by atoms with Gasteiger partial charge in [0, 0.05) is 44.8 Å². The highest BCUT2D eigenvalue weighted by Crippen LogP contribution is 2.56. The number of carbonyl (C=O) groups is 2. The van der Waals surface area contributed by atoms with E-state index in [-0.39, 0.29) is 22.9 Å². The van der Waals surface area contributed by atoms with Gasteiger partial charge in [0.1, 0.15) is 11.6 Å². The summed E-state index contributed by atoms with van der Waals surface area (Å²) < 4.78 is 22.0. The third-order valence-corrected chi connectivity index (χ3v) is 8.39. The number of ether oxygens (including phenoxy) is 1. The number of fused-ring (bicyclic) bond motifs is 2. The molecule has 5 rings (SSSR count). The molecule has 0 bridgehead atoms. The molecule has 222 valence electrons. The summed E-state index contributed by atoms with van der Waals surface area (Å²) in [5, 5.41) is 6.23. The Morgan fingerprint density at radius 2 is 1.85 bits per heavy atom. The largest absolute Gasteiger partial charge is 0.451 e. The summed E-state index contributed by atoms with van der Waals surface area (Å²) in [6.07, 6.45) is 2.62. The SMILES string of the molecule is CC1C(C(=O)NCCCCN(C)C)C(=O)c2cc(F)c(NCCCN3CCN(C)CC3)c3c2N1c1ccccc1O3. The molecule has 2 N–H and O–H groups in total. The number of piperazine rings is 1. The Labute approximate surface area is 242 Å². The molecule has 9 nitrogen and oxygen atoms in total. The van der Waals surface area contributed by atoms with Crippen LogP contribution in [0.1, 0.15) is 36.5 Å². The molecule has 0 radical (unpaired) electrons. The molecular formula is C31H43FN6O3. The van der Waals surface area contributed by atoms with Crippen LogP contribution in [0.15, 0.2) is 30.3 Å². The third kappa shape index (κ3) is 6.19. The fourth-order valence-electron chi connectivity index (χ4n) is 6.04. The van der Waals surface area contributed by atoms with Crippen LogP contribution >= 0.6 is 0 Å². The average Bonchev–Trinajstić information content (AvgIpc) is 2.94. The molecule has 1 fully saturated rings. The van der Waals surface area contributed by atoms with Gasteiger partial charge >= 0.3 is 0 Å². The summed E-state index contributed by atoms with van der Waals surface area (Å²) >= 11 is 0. The number of benzene rings is 2. The van der Waals surface area contributed by atoms with Gasteiger partial charge in [-0.25, -0.2) is 4.39 Å². The lowest BCUT2D eigenvalue weighted by Crippen LogP contribution is -2.52. The first-order chi connectivity index (χ1) is 19.8. The molecule has 3 aliphatic rings. The highest BCUT2D eigenvalue weighted by atomic mass is 19.1. The summed E-state index contributed by atoms with van der Waals surface area (Å²) in [5.41, 5.74) is 1.73. The summed E-state index contributed by atoms with van der Waals surface area (Å²) in [4.78, 5) is 36.0. The van der Waals surface area contributed by atoms with Crippen LogP contribution in [0.3, 0.4) is 0 Å². The van der Waals surface area contributed by atoms with Crippen LogP contribution in [0.4, 0.5) is 21.5 Å². The number of hydrogen-bond donors (Lipinski definition) is 2. The van der Waals surface area contributed by atoms with Crippen molar-refractivity contribution < 1.29 is 18.7 Å². The number of hydrogen-bond acceptors (Lipinski definition) is 8. The van der Waals surface area contributed by atoms with Crippen molar-refractivity contribution in [3.8, 4) is 11.5 Å². The van der Waals surface area contributed by atoms with Crippen molar-refractivity contribution in [2.24, 2.45) is 5.92 Å². The Bertz CT molecular complexity index is 1260. The van der Waals surface area contributed by atoms with Crippen LogP contribution in [0.5, 0.6) is 11.5 Å². The summed E-state index contributed by atoms with van der Waals surface area (Å²) in [6.45, 7) is 9.00. The lowest BCUT2D eigenvalue weighted by Gasteiger charge is -2.44. The number of para-hydroxylation sites is 2. The molecule has 0 spiro atoms. The number of nitrogens with zero attached hydrogens (tertiary/aromatic N) is 4. The number of rotatable bonds is 11. The topological polar surface area (TPSA) is 80.4 Å². The second kappa shape index (κ2) is 12.8. The van der Waals surface area contributed by atoms with Crippen LogP contribution in [-0.2, 0) is 4.79 Å². The maximum atomic E-state index is 15.7. The lowest BCUT2D eigenvalue weighted by atomic mass is 9.82. The molecule has 0 aliphatic carbocycles. The zero-order valence-corrected chi connectivity index (χ0v) is 24.7. The minimum Gasteiger partial charge on any atom is -0.451 e. The van der Waals surface area contributed by atoms with Crippen LogP contribution in [0.2, 0.25) is 0 Å².